The molecule has 166 valence electrons. The Bertz CT molecular complexity index is 1640. The van der Waals surface area contributed by atoms with Gasteiger partial charge in [-0.05, 0) is 42.5 Å². The van der Waals surface area contributed by atoms with Crippen molar-refractivity contribution in [3.8, 4) is 5.69 Å². The molecule has 4 aromatic carbocycles. The molecule has 0 saturated carbocycles. The SMILES string of the molecule is O=C1c2cccc(-n3c4ccccc4c4c(C(F)(F)F)cccc43)c2C(=O)N1c1ccccc1. The third kappa shape index (κ3) is 2.73. The zero-order chi connectivity index (χ0) is 23.6. The average molecular weight is 456 g/mol. The van der Waals surface area contributed by atoms with Gasteiger partial charge in [0.1, 0.15) is 0 Å². The van der Waals surface area contributed by atoms with E-state index in [-0.39, 0.29) is 16.5 Å². The van der Waals surface area contributed by atoms with E-state index in [1.165, 1.54) is 6.07 Å². The predicted molar refractivity (Wildman–Crippen MR) is 123 cm³/mol. The number of imide groups is 1. The summed E-state index contributed by atoms with van der Waals surface area (Å²) in [6.45, 7) is 0. The smallest absolute Gasteiger partial charge is 0.308 e. The molecule has 0 N–H and O–H groups in total. The van der Waals surface area contributed by atoms with Crippen molar-refractivity contribution in [1.82, 2.24) is 4.57 Å². The standard InChI is InChI=1S/C27H15F3N2O2/c28-27(29,30)19-12-7-15-21-23(19)17-10-4-5-13-20(17)32(21)22-14-6-11-18-24(22)26(34)31(25(18)33)16-8-2-1-3-9-16/h1-15H. The molecule has 0 fully saturated rings. The van der Waals surface area contributed by atoms with Crippen LogP contribution in [0.4, 0.5) is 18.9 Å². The Morgan fingerprint density at radius 1 is 0.647 bits per heavy atom. The first-order chi connectivity index (χ1) is 16.4. The van der Waals surface area contributed by atoms with Crippen molar-refractivity contribution in [2.75, 3.05) is 4.90 Å². The summed E-state index contributed by atoms with van der Waals surface area (Å²) in [7, 11) is 0. The first-order valence-corrected chi connectivity index (χ1v) is 10.5. The summed E-state index contributed by atoms with van der Waals surface area (Å²) in [6.07, 6.45) is -4.55. The molecule has 5 aromatic rings. The largest absolute Gasteiger partial charge is 0.417 e. The number of halogens is 3. The number of carbonyl (C=O) groups excluding carboxylic acids is 2. The van der Waals surface area contributed by atoms with Crippen molar-refractivity contribution in [3.05, 3.63) is 108 Å². The van der Waals surface area contributed by atoms with Gasteiger partial charge in [-0.3, -0.25) is 9.59 Å². The minimum atomic E-state index is -4.55. The fraction of sp³-hybridized carbons (Fsp3) is 0.0370. The maximum absolute atomic E-state index is 13.9. The van der Waals surface area contributed by atoms with Gasteiger partial charge >= 0.3 is 6.18 Å². The molecule has 0 aliphatic carbocycles. The number of amides is 2. The maximum Gasteiger partial charge on any atom is 0.417 e. The highest BCUT2D eigenvalue weighted by Gasteiger charge is 2.40. The topological polar surface area (TPSA) is 42.3 Å². The Hall–Kier alpha value is -4.39. The number of benzene rings is 4. The summed E-state index contributed by atoms with van der Waals surface area (Å²) < 4.78 is 43.4. The van der Waals surface area contributed by atoms with Crippen LogP contribution in [0, 0.1) is 0 Å². The fourth-order valence-electron chi connectivity index (χ4n) is 4.78. The highest BCUT2D eigenvalue weighted by atomic mass is 19.4. The molecule has 0 spiro atoms. The van der Waals surface area contributed by atoms with Crippen LogP contribution in [0.5, 0.6) is 0 Å². The highest BCUT2D eigenvalue weighted by molar-refractivity contribution is 6.35. The van der Waals surface area contributed by atoms with Gasteiger partial charge in [0.05, 0.1) is 39.1 Å². The lowest BCUT2D eigenvalue weighted by molar-refractivity contribution is -0.136. The van der Waals surface area contributed by atoms with Crippen LogP contribution >= 0.6 is 0 Å². The third-order valence-corrected chi connectivity index (χ3v) is 6.15. The number of fused-ring (bicyclic) bond motifs is 4. The van der Waals surface area contributed by atoms with Gasteiger partial charge in [0.25, 0.3) is 11.8 Å². The summed E-state index contributed by atoms with van der Waals surface area (Å²) in [4.78, 5) is 27.8. The monoisotopic (exact) mass is 456 g/mol. The fourth-order valence-corrected chi connectivity index (χ4v) is 4.78. The van der Waals surface area contributed by atoms with Crippen LogP contribution in [0.1, 0.15) is 26.3 Å². The van der Waals surface area contributed by atoms with E-state index in [1.54, 1.807) is 83.4 Å². The van der Waals surface area contributed by atoms with E-state index in [4.69, 9.17) is 0 Å². The second-order valence-corrected chi connectivity index (χ2v) is 8.03. The molecular formula is C27H15F3N2O2. The Morgan fingerprint density at radius 2 is 1.32 bits per heavy atom. The van der Waals surface area contributed by atoms with Crippen LogP contribution in [-0.4, -0.2) is 16.4 Å². The van der Waals surface area contributed by atoms with Crippen molar-refractivity contribution in [2.24, 2.45) is 0 Å². The number of anilines is 1. The van der Waals surface area contributed by atoms with E-state index in [0.29, 0.717) is 27.8 Å². The molecule has 1 aliphatic rings. The molecule has 1 aliphatic heterocycles. The molecule has 2 amide bonds. The lowest BCUT2D eigenvalue weighted by Crippen LogP contribution is -2.29. The number of alkyl halides is 3. The van der Waals surface area contributed by atoms with E-state index >= 15 is 0 Å². The van der Waals surface area contributed by atoms with Crippen LogP contribution in [0.15, 0.2) is 91.0 Å². The molecule has 2 heterocycles. The Balaban J connectivity index is 1.68. The Labute approximate surface area is 191 Å². The normalized spacial score (nSPS) is 13.8. The number of rotatable bonds is 2. The molecule has 0 bridgehead atoms. The molecular weight excluding hydrogens is 441 g/mol. The lowest BCUT2D eigenvalue weighted by Gasteiger charge is -2.14. The van der Waals surface area contributed by atoms with Crippen molar-refractivity contribution in [1.29, 1.82) is 0 Å². The second-order valence-electron chi connectivity index (χ2n) is 8.03. The number of hydrogen-bond donors (Lipinski definition) is 0. The molecule has 0 atom stereocenters. The average Bonchev–Trinajstić information content (AvgIpc) is 3.31. The van der Waals surface area contributed by atoms with Crippen molar-refractivity contribution in [3.63, 3.8) is 0 Å². The van der Waals surface area contributed by atoms with E-state index < -0.39 is 23.6 Å². The summed E-state index contributed by atoms with van der Waals surface area (Å²) in [5.74, 6) is -0.982. The molecule has 4 nitrogen and oxygen atoms in total. The molecule has 0 saturated heterocycles. The molecule has 6 rings (SSSR count). The van der Waals surface area contributed by atoms with E-state index in [2.05, 4.69) is 0 Å². The van der Waals surface area contributed by atoms with Gasteiger partial charge in [-0.25, -0.2) is 4.90 Å². The van der Waals surface area contributed by atoms with Gasteiger partial charge in [0.2, 0.25) is 0 Å². The molecule has 0 unspecified atom stereocenters. The lowest BCUT2D eigenvalue weighted by atomic mass is 10.1. The zero-order valence-electron chi connectivity index (χ0n) is 17.5. The van der Waals surface area contributed by atoms with Gasteiger partial charge in [-0.15, -0.1) is 0 Å². The molecule has 34 heavy (non-hydrogen) atoms. The van der Waals surface area contributed by atoms with Crippen LogP contribution in [0.25, 0.3) is 27.5 Å². The summed E-state index contributed by atoms with van der Waals surface area (Å²) in [5.41, 5.74) is 1.24. The molecule has 0 radical (unpaired) electrons. The number of aromatic nitrogens is 1. The quantitative estimate of drug-likeness (QED) is 0.281. The van der Waals surface area contributed by atoms with Gasteiger partial charge < -0.3 is 4.57 Å². The third-order valence-electron chi connectivity index (χ3n) is 6.15. The van der Waals surface area contributed by atoms with Gasteiger partial charge in [-0.2, -0.15) is 13.2 Å². The molecule has 7 heteroatoms. The second kappa shape index (κ2) is 7.05. The number of nitrogens with zero attached hydrogens (tertiary/aromatic N) is 2. The Kier molecular flexibility index (Phi) is 4.20. The minimum Gasteiger partial charge on any atom is -0.308 e. The van der Waals surface area contributed by atoms with E-state index in [1.807, 2.05) is 0 Å². The summed E-state index contributed by atoms with van der Waals surface area (Å²) >= 11 is 0. The van der Waals surface area contributed by atoms with Crippen LogP contribution in [0.2, 0.25) is 0 Å². The van der Waals surface area contributed by atoms with E-state index in [0.717, 1.165) is 11.0 Å². The predicted octanol–water partition coefficient (Wildman–Crippen LogP) is 6.60. The maximum atomic E-state index is 13.9. The Morgan fingerprint density at radius 3 is 2.09 bits per heavy atom. The van der Waals surface area contributed by atoms with Crippen LogP contribution < -0.4 is 4.90 Å². The van der Waals surface area contributed by atoms with Crippen molar-refractivity contribution >= 4 is 39.3 Å². The number of para-hydroxylation sites is 2. The van der Waals surface area contributed by atoms with Crippen LogP contribution in [0.3, 0.4) is 0 Å². The first-order valence-electron chi connectivity index (χ1n) is 10.5. The van der Waals surface area contributed by atoms with Crippen LogP contribution in [-0.2, 0) is 6.18 Å². The summed E-state index contributed by atoms with van der Waals surface area (Å²) in [5, 5.41) is 0.472. The van der Waals surface area contributed by atoms with Crippen molar-refractivity contribution in [2.45, 2.75) is 6.18 Å². The number of carbonyl (C=O) groups is 2. The van der Waals surface area contributed by atoms with Crippen molar-refractivity contribution < 1.29 is 22.8 Å². The molecule has 1 aromatic heterocycles. The zero-order valence-corrected chi connectivity index (χ0v) is 17.5. The van der Waals surface area contributed by atoms with Gasteiger partial charge in [0.15, 0.2) is 0 Å². The summed E-state index contributed by atoms with van der Waals surface area (Å²) in [6, 6.07) is 24.2. The number of hydrogen-bond acceptors (Lipinski definition) is 2. The van der Waals surface area contributed by atoms with E-state index in [9.17, 15) is 22.8 Å². The highest BCUT2D eigenvalue weighted by Crippen LogP contribution is 2.42. The van der Waals surface area contributed by atoms with Gasteiger partial charge in [0, 0.05) is 10.8 Å². The minimum absolute atomic E-state index is 0.0555. The first kappa shape index (κ1) is 20.2. The van der Waals surface area contributed by atoms with Gasteiger partial charge in [-0.1, -0.05) is 48.5 Å².